The molecule has 2 fully saturated rings. The van der Waals surface area contributed by atoms with E-state index >= 15 is 0 Å². The maximum absolute atomic E-state index is 12.6. The zero-order valence-electron chi connectivity index (χ0n) is 12.9. The van der Waals surface area contributed by atoms with Crippen molar-refractivity contribution in [2.24, 2.45) is 11.3 Å². The maximum Gasteiger partial charge on any atom is 0.309 e. The number of likely N-dealkylation sites (N-methyl/N-ethyl adjacent to an activating group) is 1. The monoisotopic (exact) mass is 298 g/mol. The quantitative estimate of drug-likeness (QED) is 0.781. The molecule has 0 radical (unpaired) electrons. The third kappa shape index (κ3) is 3.21. The summed E-state index contributed by atoms with van der Waals surface area (Å²) in [6.45, 7) is 4.11. The van der Waals surface area contributed by atoms with Gasteiger partial charge in [0.05, 0.1) is 24.5 Å². The third-order valence-corrected chi connectivity index (χ3v) is 4.98. The van der Waals surface area contributed by atoms with Crippen molar-refractivity contribution < 1.29 is 19.4 Å². The average molecular weight is 298 g/mol. The number of nitrogens with one attached hydrogen (secondary N) is 1. The Labute approximate surface area is 125 Å². The van der Waals surface area contributed by atoms with Gasteiger partial charge in [-0.15, -0.1) is 0 Å². The molecule has 6 nitrogen and oxygen atoms in total. The van der Waals surface area contributed by atoms with E-state index in [0.29, 0.717) is 45.6 Å². The second kappa shape index (κ2) is 6.75. The van der Waals surface area contributed by atoms with Gasteiger partial charge in [0, 0.05) is 19.1 Å². The molecule has 2 unspecified atom stereocenters. The lowest BCUT2D eigenvalue weighted by molar-refractivity contribution is -0.155. The van der Waals surface area contributed by atoms with Crippen LogP contribution >= 0.6 is 0 Å². The van der Waals surface area contributed by atoms with Crippen molar-refractivity contribution in [3.63, 3.8) is 0 Å². The first kappa shape index (κ1) is 16.2. The van der Waals surface area contributed by atoms with Crippen LogP contribution in [-0.2, 0) is 14.3 Å². The molecule has 2 N–H and O–H groups in total. The molecule has 2 atom stereocenters. The smallest absolute Gasteiger partial charge is 0.309 e. The number of carbonyl (C=O) groups is 2. The molecule has 0 saturated carbocycles. The number of carboxylic acid groups (broad SMARTS) is 1. The second-order valence-corrected chi connectivity index (χ2v) is 6.20. The fourth-order valence-electron chi connectivity index (χ4n) is 3.52. The fraction of sp³-hybridized carbons (Fsp3) is 0.867. The zero-order valence-corrected chi connectivity index (χ0v) is 12.9. The van der Waals surface area contributed by atoms with Crippen molar-refractivity contribution in [2.75, 3.05) is 33.4 Å². The van der Waals surface area contributed by atoms with Crippen molar-refractivity contribution in [3.8, 4) is 0 Å². The maximum atomic E-state index is 12.6. The minimum atomic E-state index is -0.714. The molecule has 120 valence electrons. The molecule has 0 aromatic carbocycles. The molecule has 0 bridgehead atoms. The first-order chi connectivity index (χ1) is 10.0. The molecular weight excluding hydrogens is 272 g/mol. The van der Waals surface area contributed by atoms with Crippen molar-refractivity contribution >= 4 is 11.9 Å². The molecular formula is C15H26N2O4. The molecule has 2 rings (SSSR count). The Morgan fingerprint density at radius 1 is 1.33 bits per heavy atom. The predicted octanol–water partition coefficient (Wildman–Crippen LogP) is 0.714. The Balaban J connectivity index is 1.97. The van der Waals surface area contributed by atoms with Crippen LogP contribution in [0.15, 0.2) is 0 Å². The number of ether oxygens (including phenoxy) is 1. The molecule has 1 amide bonds. The third-order valence-electron chi connectivity index (χ3n) is 4.98. The van der Waals surface area contributed by atoms with Gasteiger partial charge >= 0.3 is 5.97 Å². The van der Waals surface area contributed by atoms with Gasteiger partial charge in [-0.05, 0) is 26.3 Å². The van der Waals surface area contributed by atoms with Gasteiger partial charge in [0.2, 0.25) is 5.91 Å². The largest absolute Gasteiger partial charge is 0.481 e. The molecule has 2 aliphatic heterocycles. The molecule has 2 saturated heterocycles. The second-order valence-electron chi connectivity index (χ2n) is 6.20. The average Bonchev–Trinajstić information content (AvgIpc) is 2.96. The summed E-state index contributed by atoms with van der Waals surface area (Å²) in [7, 11) is 1.84. The van der Waals surface area contributed by atoms with E-state index < -0.39 is 11.4 Å². The highest BCUT2D eigenvalue weighted by Gasteiger charge is 2.43. The SMILES string of the molecule is CCCC1(C(=O)O)CCN(C(=O)C2COCC2NC)CC1. The lowest BCUT2D eigenvalue weighted by Crippen LogP contribution is -2.51. The molecule has 0 spiro atoms. The molecule has 0 aromatic rings. The van der Waals surface area contributed by atoms with Crippen LogP contribution in [0.25, 0.3) is 0 Å². The fourth-order valence-corrected chi connectivity index (χ4v) is 3.52. The van der Waals surface area contributed by atoms with Gasteiger partial charge in [0.25, 0.3) is 0 Å². The Bertz CT molecular complexity index is 391. The van der Waals surface area contributed by atoms with E-state index in [1.165, 1.54) is 0 Å². The first-order valence-corrected chi connectivity index (χ1v) is 7.81. The molecule has 0 aromatic heterocycles. The standard InChI is InChI=1S/C15H26N2O4/c1-3-4-15(14(19)20)5-7-17(8-6-15)13(18)11-9-21-10-12(11)16-2/h11-12,16H,3-10H2,1-2H3,(H,19,20). The van der Waals surface area contributed by atoms with E-state index in [4.69, 9.17) is 4.74 Å². The molecule has 21 heavy (non-hydrogen) atoms. The molecule has 6 heteroatoms. The summed E-state index contributed by atoms with van der Waals surface area (Å²) < 4.78 is 5.39. The number of carboxylic acids is 1. The van der Waals surface area contributed by atoms with Gasteiger partial charge in [-0.25, -0.2) is 0 Å². The molecule has 2 heterocycles. The van der Waals surface area contributed by atoms with Crippen molar-refractivity contribution in [1.82, 2.24) is 10.2 Å². The number of carbonyl (C=O) groups excluding carboxylic acids is 1. The van der Waals surface area contributed by atoms with E-state index in [1.54, 1.807) is 0 Å². The summed E-state index contributed by atoms with van der Waals surface area (Å²) in [5.41, 5.74) is -0.639. The Morgan fingerprint density at radius 3 is 2.52 bits per heavy atom. The highest BCUT2D eigenvalue weighted by Crippen LogP contribution is 2.37. The summed E-state index contributed by atoms with van der Waals surface area (Å²) in [6.07, 6.45) is 2.66. The van der Waals surface area contributed by atoms with Gasteiger partial charge in [-0.2, -0.15) is 0 Å². The van der Waals surface area contributed by atoms with Gasteiger partial charge in [0.15, 0.2) is 0 Å². The summed E-state index contributed by atoms with van der Waals surface area (Å²) >= 11 is 0. The van der Waals surface area contributed by atoms with E-state index in [9.17, 15) is 14.7 Å². The van der Waals surface area contributed by atoms with Crippen LogP contribution in [0, 0.1) is 11.3 Å². The number of likely N-dealkylation sites (tertiary alicyclic amines) is 1. The van der Waals surface area contributed by atoms with Crippen LogP contribution < -0.4 is 5.32 Å². The number of piperidine rings is 1. The van der Waals surface area contributed by atoms with E-state index in [2.05, 4.69) is 5.32 Å². The zero-order chi connectivity index (χ0) is 15.5. The number of hydrogen-bond donors (Lipinski definition) is 2. The van der Waals surface area contributed by atoms with Crippen molar-refractivity contribution in [3.05, 3.63) is 0 Å². The van der Waals surface area contributed by atoms with Crippen LogP contribution in [-0.4, -0.2) is 61.3 Å². The first-order valence-electron chi connectivity index (χ1n) is 7.81. The van der Waals surface area contributed by atoms with Gasteiger partial charge < -0.3 is 20.1 Å². The number of rotatable bonds is 5. The van der Waals surface area contributed by atoms with Crippen LogP contribution in [0.5, 0.6) is 0 Å². The van der Waals surface area contributed by atoms with E-state index in [-0.39, 0.29) is 17.9 Å². The van der Waals surface area contributed by atoms with Gasteiger partial charge in [-0.3, -0.25) is 9.59 Å². The van der Waals surface area contributed by atoms with Gasteiger partial charge in [-0.1, -0.05) is 13.3 Å². The topological polar surface area (TPSA) is 78.9 Å². The number of hydrogen-bond acceptors (Lipinski definition) is 4. The highest BCUT2D eigenvalue weighted by atomic mass is 16.5. The normalized spacial score (nSPS) is 28.6. The number of nitrogens with zero attached hydrogens (tertiary/aromatic N) is 1. The summed E-state index contributed by atoms with van der Waals surface area (Å²) in [6, 6.07) is 0.0688. The predicted molar refractivity (Wildman–Crippen MR) is 77.9 cm³/mol. The van der Waals surface area contributed by atoms with E-state index in [0.717, 1.165) is 6.42 Å². The lowest BCUT2D eigenvalue weighted by Gasteiger charge is -2.40. The number of amides is 1. The molecule has 0 aliphatic carbocycles. The summed E-state index contributed by atoms with van der Waals surface area (Å²) in [4.78, 5) is 26.0. The van der Waals surface area contributed by atoms with Crippen molar-refractivity contribution in [1.29, 1.82) is 0 Å². The molecule has 2 aliphatic rings. The van der Waals surface area contributed by atoms with Crippen LogP contribution in [0.1, 0.15) is 32.6 Å². The van der Waals surface area contributed by atoms with Crippen LogP contribution in [0.2, 0.25) is 0 Å². The minimum absolute atomic E-state index is 0.0688. The highest BCUT2D eigenvalue weighted by molar-refractivity contribution is 5.81. The Kier molecular flexibility index (Phi) is 5.22. The minimum Gasteiger partial charge on any atom is -0.481 e. The van der Waals surface area contributed by atoms with Gasteiger partial charge in [0.1, 0.15) is 0 Å². The Hall–Kier alpha value is -1.14. The van der Waals surface area contributed by atoms with E-state index in [1.807, 2.05) is 18.9 Å². The number of aliphatic carboxylic acids is 1. The van der Waals surface area contributed by atoms with Crippen LogP contribution in [0.3, 0.4) is 0 Å². The van der Waals surface area contributed by atoms with Crippen molar-refractivity contribution in [2.45, 2.75) is 38.6 Å². The van der Waals surface area contributed by atoms with Crippen LogP contribution in [0.4, 0.5) is 0 Å². The lowest BCUT2D eigenvalue weighted by atomic mass is 9.75. The Morgan fingerprint density at radius 2 is 2.00 bits per heavy atom. The summed E-state index contributed by atoms with van der Waals surface area (Å²) in [5.74, 6) is -0.755. The summed E-state index contributed by atoms with van der Waals surface area (Å²) in [5, 5.41) is 12.6.